The van der Waals surface area contributed by atoms with E-state index in [9.17, 15) is 0 Å². The Kier molecular flexibility index (Phi) is 3.25. The normalized spacial score (nSPS) is 13.2. The van der Waals surface area contributed by atoms with Crippen LogP contribution < -0.4 is 5.73 Å². The van der Waals surface area contributed by atoms with Gasteiger partial charge in [0.05, 0.1) is 24.7 Å². The summed E-state index contributed by atoms with van der Waals surface area (Å²) in [6.45, 7) is 2.96. The molecular weight excluding hydrogens is 154 g/mol. The fraction of sp³-hybridized carbons (Fsp3) is 0.625. The lowest BCUT2D eigenvalue weighted by Crippen LogP contribution is -2.18. The molecule has 0 amide bonds. The van der Waals surface area contributed by atoms with Crippen molar-refractivity contribution in [3.63, 3.8) is 0 Å². The van der Waals surface area contributed by atoms with Crippen LogP contribution in [0.4, 0.5) is 0 Å². The lowest BCUT2D eigenvalue weighted by atomic mass is 10.2. The third-order valence-electron chi connectivity index (χ3n) is 1.79. The van der Waals surface area contributed by atoms with Crippen molar-refractivity contribution in [1.29, 1.82) is 0 Å². The Hall–Kier alpha value is -0.870. The number of hydrogen-bond donors (Lipinski definition) is 2. The van der Waals surface area contributed by atoms with Crippen molar-refractivity contribution in [2.24, 2.45) is 5.73 Å². The highest BCUT2D eigenvalue weighted by Gasteiger charge is 2.08. The van der Waals surface area contributed by atoms with Crippen LogP contribution in [0.5, 0.6) is 0 Å². The van der Waals surface area contributed by atoms with Gasteiger partial charge in [0.15, 0.2) is 0 Å². The number of aliphatic hydroxyl groups is 1. The number of aryl methyl sites for hydroxylation is 1. The number of rotatable bonds is 4. The fourth-order valence-electron chi connectivity index (χ4n) is 1.16. The van der Waals surface area contributed by atoms with Crippen molar-refractivity contribution in [2.75, 3.05) is 6.61 Å². The van der Waals surface area contributed by atoms with E-state index in [-0.39, 0.29) is 12.6 Å². The second-order valence-corrected chi connectivity index (χ2v) is 2.80. The van der Waals surface area contributed by atoms with E-state index in [0.29, 0.717) is 0 Å². The molecular formula is C8H15N3O. The molecule has 3 N–H and O–H groups in total. The fourth-order valence-corrected chi connectivity index (χ4v) is 1.16. The van der Waals surface area contributed by atoms with E-state index in [1.807, 2.05) is 4.57 Å². The third kappa shape index (κ3) is 1.84. The predicted molar refractivity (Wildman–Crippen MR) is 46.5 cm³/mol. The molecule has 0 aliphatic heterocycles. The molecule has 0 aliphatic carbocycles. The first-order chi connectivity index (χ1) is 5.79. The molecule has 12 heavy (non-hydrogen) atoms. The molecule has 0 fully saturated rings. The van der Waals surface area contributed by atoms with Crippen LogP contribution in [0.25, 0.3) is 0 Å². The lowest BCUT2D eigenvalue weighted by molar-refractivity contribution is 0.263. The van der Waals surface area contributed by atoms with Crippen molar-refractivity contribution < 1.29 is 5.11 Å². The topological polar surface area (TPSA) is 64.1 Å². The Morgan fingerprint density at radius 3 is 3.08 bits per heavy atom. The number of nitrogens with two attached hydrogens (primary N) is 1. The summed E-state index contributed by atoms with van der Waals surface area (Å²) in [5, 5.41) is 8.83. The molecule has 4 nitrogen and oxygen atoms in total. The number of imidazole rings is 1. The van der Waals surface area contributed by atoms with Gasteiger partial charge < -0.3 is 15.4 Å². The summed E-state index contributed by atoms with van der Waals surface area (Å²) >= 11 is 0. The van der Waals surface area contributed by atoms with Crippen LogP contribution in [-0.2, 0) is 6.54 Å². The van der Waals surface area contributed by atoms with Gasteiger partial charge >= 0.3 is 0 Å². The largest absolute Gasteiger partial charge is 0.394 e. The van der Waals surface area contributed by atoms with Gasteiger partial charge in [-0.15, -0.1) is 0 Å². The number of hydrogen-bond acceptors (Lipinski definition) is 3. The maximum Gasteiger partial charge on any atom is 0.0948 e. The van der Waals surface area contributed by atoms with Gasteiger partial charge in [-0.3, -0.25) is 0 Å². The second-order valence-electron chi connectivity index (χ2n) is 2.80. The van der Waals surface area contributed by atoms with E-state index in [4.69, 9.17) is 10.8 Å². The Labute approximate surface area is 72.0 Å². The van der Waals surface area contributed by atoms with Gasteiger partial charge in [-0.05, 0) is 6.42 Å². The summed E-state index contributed by atoms with van der Waals surface area (Å²) in [7, 11) is 0. The maximum atomic E-state index is 8.83. The van der Waals surface area contributed by atoms with Crippen LogP contribution in [0.3, 0.4) is 0 Å². The molecule has 0 saturated heterocycles. The molecule has 0 bridgehead atoms. The third-order valence-corrected chi connectivity index (χ3v) is 1.79. The standard InChI is InChI=1S/C8H15N3O/c1-2-3-11-6-10-4-8(11)7(9)5-12/h4,6-7,12H,2-3,5,9H2,1H3. The molecule has 0 saturated carbocycles. The van der Waals surface area contributed by atoms with Gasteiger partial charge in [0.1, 0.15) is 0 Å². The Morgan fingerprint density at radius 1 is 1.75 bits per heavy atom. The van der Waals surface area contributed by atoms with Gasteiger partial charge in [-0.25, -0.2) is 4.98 Å². The van der Waals surface area contributed by atoms with E-state index >= 15 is 0 Å². The zero-order valence-electron chi connectivity index (χ0n) is 7.27. The SMILES string of the molecule is CCCn1cncc1C(N)CO. The molecule has 0 aliphatic rings. The number of aliphatic hydroxyl groups excluding tert-OH is 1. The summed E-state index contributed by atoms with van der Waals surface area (Å²) in [6.07, 6.45) is 4.49. The van der Waals surface area contributed by atoms with Gasteiger partial charge in [0.25, 0.3) is 0 Å². The van der Waals surface area contributed by atoms with Crippen molar-refractivity contribution in [1.82, 2.24) is 9.55 Å². The summed E-state index contributed by atoms with van der Waals surface area (Å²) in [6, 6.07) is -0.306. The van der Waals surface area contributed by atoms with E-state index in [1.165, 1.54) is 0 Å². The molecule has 1 unspecified atom stereocenters. The van der Waals surface area contributed by atoms with Crippen LogP contribution in [0.15, 0.2) is 12.5 Å². The minimum absolute atomic E-state index is 0.0323. The average molecular weight is 169 g/mol. The molecule has 1 aromatic heterocycles. The highest BCUT2D eigenvalue weighted by molar-refractivity contribution is 5.04. The summed E-state index contributed by atoms with van der Waals surface area (Å²) < 4.78 is 1.97. The zero-order chi connectivity index (χ0) is 8.97. The van der Waals surface area contributed by atoms with Crippen LogP contribution in [0.2, 0.25) is 0 Å². The maximum absolute atomic E-state index is 8.83. The molecule has 4 heteroatoms. The van der Waals surface area contributed by atoms with Crippen molar-refractivity contribution in [3.8, 4) is 0 Å². The first-order valence-corrected chi connectivity index (χ1v) is 4.16. The summed E-state index contributed by atoms with van der Waals surface area (Å²) in [5.74, 6) is 0. The smallest absolute Gasteiger partial charge is 0.0948 e. The minimum atomic E-state index is -0.306. The van der Waals surface area contributed by atoms with Crippen molar-refractivity contribution in [2.45, 2.75) is 25.9 Å². The van der Waals surface area contributed by atoms with Gasteiger partial charge in [0, 0.05) is 12.7 Å². The van der Waals surface area contributed by atoms with E-state index in [0.717, 1.165) is 18.7 Å². The summed E-state index contributed by atoms with van der Waals surface area (Å²) in [4.78, 5) is 3.98. The highest BCUT2D eigenvalue weighted by atomic mass is 16.3. The molecule has 1 heterocycles. The van der Waals surface area contributed by atoms with Crippen LogP contribution in [0, 0.1) is 0 Å². The molecule has 0 spiro atoms. The van der Waals surface area contributed by atoms with E-state index in [2.05, 4.69) is 11.9 Å². The Balaban J connectivity index is 2.76. The molecule has 68 valence electrons. The van der Waals surface area contributed by atoms with Crippen molar-refractivity contribution >= 4 is 0 Å². The number of nitrogens with zero attached hydrogens (tertiary/aromatic N) is 2. The average Bonchev–Trinajstić information content (AvgIpc) is 2.52. The predicted octanol–water partition coefficient (Wildman–Crippen LogP) is 0.285. The molecule has 0 aromatic carbocycles. The van der Waals surface area contributed by atoms with E-state index < -0.39 is 0 Å². The minimum Gasteiger partial charge on any atom is -0.394 e. The summed E-state index contributed by atoms with van der Waals surface area (Å²) in [5.41, 5.74) is 6.56. The second kappa shape index (κ2) is 4.23. The quantitative estimate of drug-likeness (QED) is 0.680. The first-order valence-electron chi connectivity index (χ1n) is 4.16. The van der Waals surface area contributed by atoms with Gasteiger partial charge in [-0.2, -0.15) is 0 Å². The molecule has 1 rings (SSSR count). The molecule has 0 radical (unpaired) electrons. The zero-order valence-corrected chi connectivity index (χ0v) is 7.27. The highest BCUT2D eigenvalue weighted by Crippen LogP contribution is 2.08. The monoisotopic (exact) mass is 169 g/mol. The van der Waals surface area contributed by atoms with Crippen LogP contribution >= 0.6 is 0 Å². The van der Waals surface area contributed by atoms with Gasteiger partial charge in [-0.1, -0.05) is 6.92 Å². The van der Waals surface area contributed by atoms with Crippen molar-refractivity contribution in [3.05, 3.63) is 18.2 Å². The molecule has 1 aromatic rings. The van der Waals surface area contributed by atoms with Crippen LogP contribution in [-0.4, -0.2) is 21.3 Å². The Bertz CT molecular complexity index is 234. The Morgan fingerprint density at radius 2 is 2.50 bits per heavy atom. The van der Waals surface area contributed by atoms with Crippen LogP contribution in [0.1, 0.15) is 25.1 Å². The lowest BCUT2D eigenvalue weighted by Gasteiger charge is -2.10. The van der Waals surface area contributed by atoms with Gasteiger partial charge in [0.2, 0.25) is 0 Å². The first kappa shape index (κ1) is 9.22. The molecule has 1 atom stereocenters. The van der Waals surface area contributed by atoms with E-state index in [1.54, 1.807) is 12.5 Å². The number of aromatic nitrogens is 2.